The van der Waals surface area contributed by atoms with Crippen LogP contribution in [0.1, 0.15) is 52.7 Å². The summed E-state index contributed by atoms with van der Waals surface area (Å²) in [6, 6.07) is 4.15. The maximum Gasteiger partial charge on any atom is 0.255 e. The van der Waals surface area contributed by atoms with Crippen molar-refractivity contribution in [2.75, 3.05) is 21.3 Å². The minimum Gasteiger partial charge on any atom is -0.543 e. The molecule has 0 heterocycles. The smallest absolute Gasteiger partial charge is 0.255 e. The maximum absolute atomic E-state index is 6.91. The lowest BCUT2D eigenvalue weighted by atomic mass is 9.74. The van der Waals surface area contributed by atoms with Crippen LogP contribution in [0.25, 0.3) is 0 Å². The molecule has 8 heteroatoms. The van der Waals surface area contributed by atoms with Gasteiger partial charge in [-0.25, -0.2) is 0 Å². The fourth-order valence-corrected chi connectivity index (χ4v) is 6.55. The van der Waals surface area contributed by atoms with Crippen molar-refractivity contribution < 1.29 is 23.1 Å². The molecule has 0 radical (unpaired) electrons. The number of ether oxygens (including phenoxy) is 3. The van der Waals surface area contributed by atoms with Gasteiger partial charge in [-0.3, -0.25) is 0 Å². The molecule has 0 bridgehead atoms. The lowest BCUT2D eigenvalue weighted by Crippen LogP contribution is -2.67. The largest absolute Gasteiger partial charge is 0.543 e. The van der Waals surface area contributed by atoms with E-state index in [1.807, 2.05) is 0 Å². The Bertz CT molecular complexity index is 822. The molecule has 2 rings (SSSR count). The second kappa shape index (κ2) is 8.35. The van der Waals surface area contributed by atoms with Gasteiger partial charge in [0.15, 0.2) is 8.32 Å². The molecule has 1 aliphatic rings. The predicted octanol–water partition coefficient (Wildman–Crippen LogP) is 6.96. The van der Waals surface area contributed by atoms with Crippen LogP contribution in [0.15, 0.2) is 12.1 Å². The Morgan fingerprint density at radius 3 is 1.52 bits per heavy atom. The quantitative estimate of drug-likeness (QED) is 0.198. The van der Waals surface area contributed by atoms with Crippen molar-refractivity contribution in [1.29, 1.82) is 0 Å². The van der Waals surface area contributed by atoms with Crippen molar-refractivity contribution in [3.05, 3.63) is 26.8 Å². The third-order valence-electron chi connectivity index (χ3n) is 7.45. The Labute approximate surface area is 204 Å². The Hall–Kier alpha value is 0.0238. The molecule has 0 spiro atoms. The predicted molar refractivity (Wildman–Crippen MR) is 140 cm³/mol. The van der Waals surface area contributed by atoms with E-state index in [1.165, 1.54) is 0 Å². The molecule has 178 valence electrons. The zero-order valence-corrected chi connectivity index (χ0v) is 25.7. The van der Waals surface area contributed by atoms with Crippen LogP contribution in [0, 0.1) is 3.57 Å². The van der Waals surface area contributed by atoms with Gasteiger partial charge in [-0.05, 0) is 71.0 Å². The zero-order valence-electron chi connectivity index (χ0n) is 21.6. The van der Waals surface area contributed by atoms with Crippen LogP contribution in [-0.4, -0.2) is 38.0 Å². The highest BCUT2D eigenvalue weighted by molar-refractivity contribution is 14.1. The van der Waals surface area contributed by atoms with Crippen LogP contribution < -0.4 is 4.43 Å². The highest BCUT2D eigenvalue weighted by Crippen LogP contribution is 2.62. The highest BCUT2D eigenvalue weighted by Gasteiger charge is 2.70. The zero-order chi connectivity index (χ0) is 24.3. The highest BCUT2D eigenvalue weighted by atomic mass is 127. The van der Waals surface area contributed by atoms with E-state index in [0.29, 0.717) is 0 Å². The molecular formula is C23H41IO5Si2. The molecule has 1 aliphatic carbocycles. The van der Waals surface area contributed by atoms with Gasteiger partial charge < -0.3 is 23.1 Å². The Morgan fingerprint density at radius 1 is 0.710 bits per heavy atom. The third kappa shape index (κ3) is 4.19. The summed E-state index contributed by atoms with van der Waals surface area (Å²) >= 11 is 2.33. The van der Waals surface area contributed by atoms with Crippen molar-refractivity contribution in [3.63, 3.8) is 0 Å². The molecule has 0 amide bonds. The van der Waals surface area contributed by atoms with Crippen molar-refractivity contribution in [2.45, 2.75) is 89.4 Å². The van der Waals surface area contributed by atoms with Gasteiger partial charge >= 0.3 is 0 Å². The Morgan fingerprint density at radius 2 is 1.13 bits per heavy atom. The molecule has 0 aliphatic heterocycles. The molecule has 0 saturated heterocycles. The number of hydrogen-bond acceptors (Lipinski definition) is 5. The van der Waals surface area contributed by atoms with Crippen LogP contribution in [-0.2, 0) is 30.2 Å². The van der Waals surface area contributed by atoms with Gasteiger partial charge in [0.25, 0.3) is 14.1 Å². The number of rotatable bonds is 7. The first-order chi connectivity index (χ1) is 13.9. The molecular weight excluding hydrogens is 539 g/mol. The van der Waals surface area contributed by atoms with Crippen molar-refractivity contribution in [2.24, 2.45) is 0 Å². The van der Waals surface area contributed by atoms with Crippen molar-refractivity contribution in [1.82, 2.24) is 0 Å². The standard InChI is InChI=1S/C23H41IO5Si2/c1-20(2,3)30(10,11)28-19-15-17-16(14-18(19)24)22(25-7,26-8)23(17,27-9)29-31(12,13)21(4,5)6/h14-15H,1-13H3. The number of benzene rings is 1. The fourth-order valence-electron chi connectivity index (χ4n) is 3.39. The molecule has 0 fully saturated rings. The van der Waals surface area contributed by atoms with Crippen molar-refractivity contribution >= 4 is 39.2 Å². The fraction of sp³-hybridized carbons (Fsp3) is 0.739. The van der Waals surface area contributed by atoms with Gasteiger partial charge in [-0.2, -0.15) is 0 Å². The van der Waals surface area contributed by atoms with Gasteiger partial charge in [0.2, 0.25) is 5.79 Å². The molecule has 1 aromatic rings. The SMILES string of the molecule is COC1(OC)c2cc(I)c(O[Si](C)(C)C(C)(C)C)cc2C1(OC)O[Si](C)(C)C(C)(C)C. The summed E-state index contributed by atoms with van der Waals surface area (Å²) in [4.78, 5) is 0. The van der Waals surface area contributed by atoms with Gasteiger partial charge in [0.05, 0.1) is 3.57 Å². The summed E-state index contributed by atoms with van der Waals surface area (Å²) in [5.74, 6) is -1.43. The first-order valence-electron chi connectivity index (χ1n) is 10.7. The summed E-state index contributed by atoms with van der Waals surface area (Å²) in [7, 11) is 0.677. The van der Waals surface area contributed by atoms with E-state index in [2.05, 4.69) is 102 Å². The number of hydrogen-bond donors (Lipinski definition) is 0. The summed E-state index contributed by atoms with van der Waals surface area (Å²) in [5, 5.41) is 0.0863. The minimum absolute atomic E-state index is 0.00875. The number of methoxy groups -OCH3 is 3. The van der Waals surface area contributed by atoms with E-state index >= 15 is 0 Å². The van der Waals surface area contributed by atoms with E-state index < -0.39 is 28.2 Å². The summed E-state index contributed by atoms with van der Waals surface area (Å²) in [6.07, 6.45) is 0. The van der Waals surface area contributed by atoms with Gasteiger partial charge in [-0.1, -0.05) is 41.5 Å². The Kier molecular flexibility index (Phi) is 7.35. The second-order valence-electron chi connectivity index (χ2n) is 11.4. The van der Waals surface area contributed by atoms with Gasteiger partial charge in [-0.15, -0.1) is 0 Å². The summed E-state index contributed by atoms with van der Waals surface area (Å²) < 4.78 is 32.7. The van der Waals surface area contributed by atoms with Crippen LogP contribution in [0.2, 0.25) is 36.3 Å². The van der Waals surface area contributed by atoms with Crippen LogP contribution in [0.4, 0.5) is 0 Å². The lowest BCUT2D eigenvalue weighted by molar-refractivity contribution is -0.415. The average Bonchev–Trinajstić information content (AvgIpc) is 2.61. The van der Waals surface area contributed by atoms with Crippen LogP contribution in [0.3, 0.4) is 0 Å². The molecule has 0 N–H and O–H groups in total. The van der Waals surface area contributed by atoms with Crippen LogP contribution >= 0.6 is 22.6 Å². The van der Waals surface area contributed by atoms with Crippen molar-refractivity contribution in [3.8, 4) is 5.75 Å². The molecule has 5 nitrogen and oxygen atoms in total. The normalized spacial score (nSPS) is 21.5. The number of fused-ring (bicyclic) bond motifs is 1. The summed E-state index contributed by atoms with van der Waals surface area (Å²) in [6.45, 7) is 22.3. The first-order valence-corrected chi connectivity index (χ1v) is 17.6. The van der Waals surface area contributed by atoms with Crippen LogP contribution in [0.5, 0.6) is 5.75 Å². The summed E-state index contributed by atoms with van der Waals surface area (Å²) in [5.41, 5.74) is 1.84. The van der Waals surface area contributed by atoms with Gasteiger partial charge in [0, 0.05) is 32.5 Å². The molecule has 0 saturated carbocycles. The van der Waals surface area contributed by atoms with E-state index in [-0.39, 0.29) is 10.1 Å². The average molecular weight is 581 g/mol. The molecule has 0 aromatic heterocycles. The third-order valence-corrected chi connectivity index (χ3v) is 17.0. The number of halogens is 1. The topological polar surface area (TPSA) is 46.2 Å². The van der Waals surface area contributed by atoms with E-state index in [9.17, 15) is 0 Å². The monoisotopic (exact) mass is 580 g/mol. The molecule has 31 heavy (non-hydrogen) atoms. The lowest BCUT2D eigenvalue weighted by Gasteiger charge is -2.59. The molecule has 1 aromatic carbocycles. The maximum atomic E-state index is 6.91. The second-order valence-corrected chi connectivity index (χ2v) is 22.0. The Balaban J connectivity index is 2.69. The van der Waals surface area contributed by atoms with E-state index in [4.69, 9.17) is 23.1 Å². The van der Waals surface area contributed by atoms with Gasteiger partial charge in [0.1, 0.15) is 5.75 Å². The minimum atomic E-state index is -2.25. The molecule has 1 atom stereocenters. The van der Waals surface area contributed by atoms with E-state index in [1.54, 1.807) is 21.3 Å². The van der Waals surface area contributed by atoms with E-state index in [0.717, 1.165) is 20.4 Å². The first kappa shape index (κ1) is 27.3. The molecule has 1 unspecified atom stereocenters.